The van der Waals surface area contributed by atoms with Crippen molar-refractivity contribution in [3.63, 3.8) is 0 Å². The SMILES string of the molecule is COc1cc(-c2cc(Cl)cc(N(C)CC(=O)Nc3ccc(F)cc3)c2N(C)C=O)cc(F)c1O. The molecular formula is C24H22ClF2N3O4. The molecule has 3 rings (SSSR count). The molecule has 0 atom stereocenters. The first-order valence-corrected chi connectivity index (χ1v) is 10.4. The molecule has 0 saturated heterocycles. The van der Waals surface area contributed by atoms with Gasteiger partial charge in [0.05, 0.1) is 25.0 Å². The number of anilines is 3. The van der Waals surface area contributed by atoms with E-state index in [-0.39, 0.29) is 17.3 Å². The number of methoxy groups -OCH3 is 1. The molecule has 0 aliphatic heterocycles. The highest BCUT2D eigenvalue weighted by Gasteiger charge is 2.22. The topological polar surface area (TPSA) is 82.1 Å². The van der Waals surface area contributed by atoms with Gasteiger partial charge in [0, 0.05) is 30.4 Å². The van der Waals surface area contributed by atoms with Crippen molar-refractivity contribution in [3.05, 3.63) is 65.2 Å². The minimum atomic E-state index is -0.914. The maximum Gasteiger partial charge on any atom is 0.243 e. The van der Waals surface area contributed by atoms with Crippen LogP contribution in [0.3, 0.4) is 0 Å². The second kappa shape index (κ2) is 10.4. The molecule has 0 aliphatic rings. The summed E-state index contributed by atoms with van der Waals surface area (Å²) in [7, 11) is 4.41. The number of aromatic hydroxyl groups is 1. The number of halogens is 3. The Morgan fingerprint density at radius 1 is 1.15 bits per heavy atom. The molecule has 0 aliphatic carbocycles. The maximum absolute atomic E-state index is 14.4. The number of hydrogen-bond donors (Lipinski definition) is 2. The van der Waals surface area contributed by atoms with Crippen LogP contribution in [0.4, 0.5) is 25.8 Å². The van der Waals surface area contributed by atoms with Crippen molar-refractivity contribution in [2.45, 2.75) is 0 Å². The summed E-state index contributed by atoms with van der Waals surface area (Å²) in [4.78, 5) is 27.1. The van der Waals surface area contributed by atoms with Gasteiger partial charge in [-0.3, -0.25) is 9.59 Å². The van der Waals surface area contributed by atoms with E-state index in [1.54, 1.807) is 18.0 Å². The summed E-state index contributed by atoms with van der Waals surface area (Å²) in [6.07, 6.45) is 0.566. The lowest BCUT2D eigenvalue weighted by molar-refractivity contribution is -0.115. The quantitative estimate of drug-likeness (QED) is 0.449. The second-order valence-electron chi connectivity index (χ2n) is 7.46. The van der Waals surface area contributed by atoms with Gasteiger partial charge in [0.25, 0.3) is 0 Å². The van der Waals surface area contributed by atoms with E-state index in [4.69, 9.17) is 16.3 Å². The molecule has 0 aromatic heterocycles. The first-order valence-electron chi connectivity index (χ1n) is 9.99. The second-order valence-corrected chi connectivity index (χ2v) is 7.89. The molecule has 0 radical (unpaired) electrons. The molecule has 2 amide bonds. The largest absolute Gasteiger partial charge is 0.502 e. The van der Waals surface area contributed by atoms with Crippen LogP contribution in [-0.4, -0.2) is 45.2 Å². The fraction of sp³-hybridized carbons (Fsp3) is 0.167. The van der Waals surface area contributed by atoms with E-state index in [1.807, 2.05) is 0 Å². The van der Waals surface area contributed by atoms with Crippen LogP contribution in [0.2, 0.25) is 5.02 Å². The Labute approximate surface area is 200 Å². The van der Waals surface area contributed by atoms with Gasteiger partial charge in [-0.2, -0.15) is 0 Å². The summed E-state index contributed by atoms with van der Waals surface area (Å²) < 4.78 is 32.5. The van der Waals surface area contributed by atoms with Crippen molar-refractivity contribution in [1.82, 2.24) is 0 Å². The highest BCUT2D eigenvalue weighted by atomic mass is 35.5. The Kier molecular flexibility index (Phi) is 7.57. The predicted octanol–water partition coefficient (Wildman–Crippen LogP) is 4.67. The van der Waals surface area contributed by atoms with Gasteiger partial charge >= 0.3 is 0 Å². The summed E-state index contributed by atoms with van der Waals surface area (Å²) >= 11 is 6.35. The number of ether oxygens (including phenoxy) is 1. The van der Waals surface area contributed by atoms with Crippen LogP contribution in [0.25, 0.3) is 11.1 Å². The standard InChI is InChI=1S/C24H22ClF2N3O4/c1-29(12-22(32)28-17-6-4-16(26)5-7-17)20-11-15(25)10-18(23(20)30(2)13-31)14-8-19(27)24(33)21(9-14)34-3/h4-11,13,33H,12H2,1-3H3,(H,28,32). The Morgan fingerprint density at radius 3 is 2.44 bits per heavy atom. The van der Waals surface area contributed by atoms with E-state index in [1.165, 1.54) is 55.5 Å². The number of carbonyl (C=O) groups excluding carboxylic acids is 2. The van der Waals surface area contributed by atoms with Gasteiger partial charge in [-0.25, -0.2) is 8.78 Å². The zero-order chi connectivity index (χ0) is 25.0. The highest BCUT2D eigenvalue weighted by molar-refractivity contribution is 6.31. The Balaban J connectivity index is 2.03. The van der Waals surface area contributed by atoms with Crippen LogP contribution >= 0.6 is 11.6 Å². The average Bonchev–Trinajstić information content (AvgIpc) is 2.81. The third-order valence-corrected chi connectivity index (χ3v) is 5.26. The van der Waals surface area contributed by atoms with Crippen LogP contribution in [0, 0.1) is 11.6 Å². The van der Waals surface area contributed by atoms with Crippen LogP contribution in [0.15, 0.2) is 48.5 Å². The predicted molar refractivity (Wildman–Crippen MR) is 128 cm³/mol. The molecule has 0 spiro atoms. The number of phenols is 1. The molecule has 2 N–H and O–H groups in total. The van der Waals surface area contributed by atoms with E-state index in [9.17, 15) is 23.5 Å². The number of carbonyl (C=O) groups is 2. The van der Waals surface area contributed by atoms with Crippen LogP contribution in [0.1, 0.15) is 0 Å². The summed E-state index contributed by atoms with van der Waals surface area (Å²) in [6, 6.07) is 10.9. The fourth-order valence-corrected chi connectivity index (χ4v) is 3.65. The summed E-state index contributed by atoms with van der Waals surface area (Å²) in [5.41, 5.74) is 1.86. The molecule has 10 heteroatoms. The van der Waals surface area contributed by atoms with Gasteiger partial charge in [0.1, 0.15) is 5.82 Å². The summed E-state index contributed by atoms with van der Waals surface area (Å²) in [6.45, 7) is -0.135. The van der Waals surface area contributed by atoms with E-state index in [2.05, 4.69) is 5.32 Å². The highest BCUT2D eigenvalue weighted by Crippen LogP contribution is 2.43. The number of likely N-dealkylation sites (N-methyl/N-ethyl adjacent to an activating group) is 1. The number of nitrogens with zero attached hydrogens (tertiary/aromatic N) is 2. The molecule has 3 aromatic rings. The van der Waals surface area contributed by atoms with Crippen molar-refractivity contribution in [3.8, 4) is 22.6 Å². The smallest absolute Gasteiger partial charge is 0.243 e. The molecule has 34 heavy (non-hydrogen) atoms. The molecule has 0 unspecified atom stereocenters. The van der Waals surface area contributed by atoms with Crippen molar-refractivity contribution >= 4 is 41.0 Å². The monoisotopic (exact) mass is 489 g/mol. The van der Waals surface area contributed by atoms with Crippen LogP contribution in [-0.2, 0) is 9.59 Å². The average molecular weight is 490 g/mol. The van der Waals surface area contributed by atoms with E-state index in [0.29, 0.717) is 34.6 Å². The van der Waals surface area contributed by atoms with Gasteiger partial charge in [-0.1, -0.05) is 11.6 Å². The summed E-state index contributed by atoms with van der Waals surface area (Å²) in [5.74, 6) is -2.47. The van der Waals surface area contributed by atoms with E-state index >= 15 is 0 Å². The Hall–Kier alpha value is -3.85. The van der Waals surface area contributed by atoms with Crippen LogP contribution in [0.5, 0.6) is 11.5 Å². The molecule has 0 fully saturated rings. The first-order chi connectivity index (χ1) is 16.1. The number of phenolic OH excluding ortho intramolecular Hbond substituents is 1. The minimum absolute atomic E-state index is 0.0942. The third kappa shape index (κ3) is 5.37. The molecule has 0 heterocycles. The lowest BCUT2D eigenvalue weighted by Gasteiger charge is -2.27. The number of amides is 2. The number of benzene rings is 3. The van der Waals surface area contributed by atoms with Crippen LogP contribution < -0.4 is 19.9 Å². The molecule has 3 aromatic carbocycles. The van der Waals surface area contributed by atoms with Crippen molar-refractivity contribution in [1.29, 1.82) is 0 Å². The third-order valence-electron chi connectivity index (χ3n) is 5.04. The van der Waals surface area contributed by atoms with Gasteiger partial charge in [-0.05, 0) is 54.1 Å². The van der Waals surface area contributed by atoms with Gasteiger partial charge < -0.3 is 25.0 Å². The Bertz CT molecular complexity index is 1220. The zero-order valence-corrected chi connectivity index (χ0v) is 19.4. The fourth-order valence-electron chi connectivity index (χ4n) is 3.44. The van der Waals surface area contributed by atoms with E-state index < -0.39 is 23.3 Å². The molecule has 0 bridgehead atoms. The Morgan fingerprint density at radius 2 is 1.82 bits per heavy atom. The molecule has 7 nitrogen and oxygen atoms in total. The number of nitrogens with one attached hydrogen (secondary N) is 1. The van der Waals surface area contributed by atoms with Gasteiger partial charge in [-0.15, -0.1) is 0 Å². The van der Waals surface area contributed by atoms with Gasteiger partial charge in [0.2, 0.25) is 12.3 Å². The minimum Gasteiger partial charge on any atom is -0.502 e. The summed E-state index contributed by atoms with van der Waals surface area (Å²) in [5, 5.41) is 12.8. The van der Waals surface area contributed by atoms with Gasteiger partial charge in [0.15, 0.2) is 17.3 Å². The zero-order valence-electron chi connectivity index (χ0n) is 18.6. The molecular weight excluding hydrogens is 468 g/mol. The molecule has 178 valence electrons. The van der Waals surface area contributed by atoms with E-state index in [0.717, 1.165) is 6.07 Å². The van der Waals surface area contributed by atoms with Crippen molar-refractivity contribution in [2.24, 2.45) is 0 Å². The molecule has 0 saturated carbocycles. The first kappa shape index (κ1) is 24.8. The van der Waals surface area contributed by atoms with Crippen molar-refractivity contribution < 1.29 is 28.2 Å². The number of rotatable bonds is 8. The number of hydrogen-bond acceptors (Lipinski definition) is 5. The normalized spacial score (nSPS) is 10.5. The lowest BCUT2D eigenvalue weighted by Crippen LogP contribution is -2.31. The lowest BCUT2D eigenvalue weighted by atomic mass is 10.00. The maximum atomic E-state index is 14.4. The van der Waals surface area contributed by atoms with Crippen molar-refractivity contribution in [2.75, 3.05) is 42.9 Å².